The third-order valence-corrected chi connectivity index (χ3v) is 6.93. The van der Waals surface area contributed by atoms with Crippen LogP contribution >= 0.6 is 0 Å². The number of nitrogens with zero attached hydrogens (tertiary/aromatic N) is 4. The number of anilines is 1. The monoisotopic (exact) mass is 442 g/mol. The van der Waals surface area contributed by atoms with E-state index in [4.69, 9.17) is 14.1 Å². The van der Waals surface area contributed by atoms with Crippen LogP contribution < -0.4 is 15.2 Å². The van der Waals surface area contributed by atoms with Gasteiger partial charge in [-0.25, -0.2) is 4.98 Å². The predicted octanol–water partition coefficient (Wildman–Crippen LogP) is 4.43. The second-order valence-electron chi connectivity index (χ2n) is 9.12. The Morgan fingerprint density at radius 2 is 1.94 bits per heavy atom. The van der Waals surface area contributed by atoms with Gasteiger partial charge < -0.3 is 18.6 Å². The van der Waals surface area contributed by atoms with Gasteiger partial charge >= 0.3 is 0 Å². The van der Waals surface area contributed by atoms with Crippen LogP contribution in [0, 0.1) is 18.3 Å². The Bertz CT molecular complexity index is 1480. The summed E-state index contributed by atoms with van der Waals surface area (Å²) in [6.07, 6.45) is 1.59. The van der Waals surface area contributed by atoms with E-state index in [0.29, 0.717) is 24.5 Å². The molecule has 2 aromatic heterocycles. The second-order valence-corrected chi connectivity index (χ2v) is 9.12. The highest BCUT2D eigenvalue weighted by atomic mass is 16.5. The van der Waals surface area contributed by atoms with Crippen molar-refractivity contribution in [3.8, 4) is 11.8 Å². The molecular formula is C26H26N4O3. The number of oxazole rings is 1. The number of aryl methyl sites for hydroxylation is 2. The first-order chi connectivity index (χ1) is 15.8. The SMILES string of the molecule is COc1ccc2c(c1)c(N1CCC(C)(c3nc4ccc(C)cc4o3)CC1)c(C#N)c(=O)n2C. The molecule has 4 aromatic rings. The van der Waals surface area contributed by atoms with Crippen LogP contribution in [0.15, 0.2) is 45.6 Å². The third-order valence-electron chi connectivity index (χ3n) is 6.93. The number of pyridine rings is 1. The lowest BCUT2D eigenvalue weighted by molar-refractivity contribution is 0.292. The minimum Gasteiger partial charge on any atom is -0.497 e. The Kier molecular flexibility index (Phi) is 4.89. The van der Waals surface area contributed by atoms with Gasteiger partial charge in [0.05, 0.1) is 18.3 Å². The Labute approximate surface area is 191 Å². The molecule has 0 saturated carbocycles. The molecule has 1 aliphatic heterocycles. The molecule has 33 heavy (non-hydrogen) atoms. The number of ether oxygens (including phenoxy) is 1. The number of hydrogen-bond acceptors (Lipinski definition) is 6. The molecule has 1 aliphatic rings. The van der Waals surface area contributed by atoms with Gasteiger partial charge in [-0.2, -0.15) is 5.26 Å². The van der Waals surface area contributed by atoms with E-state index in [1.807, 2.05) is 43.3 Å². The summed E-state index contributed by atoms with van der Waals surface area (Å²) >= 11 is 0. The Balaban J connectivity index is 1.54. The van der Waals surface area contributed by atoms with Gasteiger partial charge in [-0.1, -0.05) is 13.0 Å². The lowest BCUT2D eigenvalue weighted by atomic mass is 9.80. The van der Waals surface area contributed by atoms with E-state index >= 15 is 0 Å². The van der Waals surface area contributed by atoms with Crippen molar-refractivity contribution in [2.24, 2.45) is 7.05 Å². The minimum absolute atomic E-state index is 0.166. The molecule has 0 bridgehead atoms. The molecule has 1 fully saturated rings. The van der Waals surface area contributed by atoms with Crippen LogP contribution in [0.2, 0.25) is 0 Å². The van der Waals surface area contributed by atoms with Crippen LogP contribution in [-0.2, 0) is 12.5 Å². The summed E-state index contributed by atoms with van der Waals surface area (Å²) in [6, 6.07) is 13.8. The first-order valence-corrected chi connectivity index (χ1v) is 11.1. The molecule has 0 atom stereocenters. The number of piperidine rings is 1. The van der Waals surface area contributed by atoms with E-state index < -0.39 is 0 Å². The van der Waals surface area contributed by atoms with E-state index in [-0.39, 0.29) is 16.5 Å². The van der Waals surface area contributed by atoms with Crippen molar-refractivity contribution in [1.82, 2.24) is 9.55 Å². The normalized spacial score (nSPS) is 15.7. The number of fused-ring (bicyclic) bond motifs is 2. The number of nitriles is 1. The Morgan fingerprint density at radius 3 is 2.64 bits per heavy atom. The zero-order chi connectivity index (χ0) is 23.3. The fourth-order valence-corrected chi connectivity index (χ4v) is 4.79. The van der Waals surface area contributed by atoms with Crippen molar-refractivity contribution in [3.05, 3.63) is 63.8 Å². The Morgan fingerprint density at radius 1 is 1.18 bits per heavy atom. The minimum atomic E-state index is -0.284. The van der Waals surface area contributed by atoms with E-state index in [1.165, 1.54) is 4.57 Å². The van der Waals surface area contributed by atoms with Crippen molar-refractivity contribution in [3.63, 3.8) is 0 Å². The molecule has 7 heteroatoms. The standard InChI is InChI=1S/C26H26N4O3/c1-16-5-7-20-22(13-16)33-25(28-20)26(2)9-11-30(12-10-26)23-18-14-17(32-4)6-8-21(18)29(3)24(31)19(23)15-27/h5-8,13-14H,9-12H2,1-4H3. The van der Waals surface area contributed by atoms with Gasteiger partial charge in [0, 0.05) is 30.9 Å². The average molecular weight is 443 g/mol. The average Bonchev–Trinajstić information content (AvgIpc) is 3.26. The summed E-state index contributed by atoms with van der Waals surface area (Å²) in [4.78, 5) is 19.9. The van der Waals surface area contributed by atoms with Crippen molar-refractivity contribution < 1.29 is 9.15 Å². The van der Waals surface area contributed by atoms with Crippen molar-refractivity contribution in [2.75, 3.05) is 25.1 Å². The van der Waals surface area contributed by atoms with Crippen LogP contribution in [0.5, 0.6) is 5.75 Å². The first kappa shape index (κ1) is 21.1. The summed E-state index contributed by atoms with van der Waals surface area (Å²) in [7, 11) is 3.31. The molecule has 0 aliphatic carbocycles. The predicted molar refractivity (Wildman–Crippen MR) is 128 cm³/mol. The molecular weight excluding hydrogens is 416 g/mol. The summed E-state index contributed by atoms with van der Waals surface area (Å²) in [6.45, 7) is 5.58. The van der Waals surface area contributed by atoms with E-state index in [2.05, 4.69) is 17.9 Å². The molecule has 1 saturated heterocycles. The molecule has 7 nitrogen and oxygen atoms in total. The van der Waals surface area contributed by atoms with E-state index in [1.54, 1.807) is 14.2 Å². The van der Waals surface area contributed by atoms with Gasteiger partial charge in [-0.15, -0.1) is 0 Å². The van der Waals surface area contributed by atoms with Crippen LogP contribution in [0.3, 0.4) is 0 Å². The lowest BCUT2D eigenvalue weighted by Gasteiger charge is -2.39. The van der Waals surface area contributed by atoms with Crippen LogP contribution in [0.25, 0.3) is 22.0 Å². The second kappa shape index (κ2) is 7.66. The van der Waals surface area contributed by atoms with Crippen molar-refractivity contribution >= 4 is 27.7 Å². The molecule has 3 heterocycles. The zero-order valence-corrected chi connectivity index (χ0v) is 19.3. The molecule has 168 valence electrons. The van der Waals surface area contributed by atoms with Gasteiger partial charge in [-0.3, -0.25) is 4.79 Å². The highest BCUT2D eigenvalue weighted by Gasteiger charge is 2.37. The number of hydrogen-bond donors (Lipinski definition) is 0. The summed E-state index contributed by atoms with van der Waals surface area (Å²) in [5, 5.41) is 10.7. The molecule has 0 unspecified atom stereocenters. The highest BCUT2D eigenvalue weighted by molar-refractivity contribution is 5.96. The summed E-state index contributed by atoms with van der Waals surface area (Å²) in [5.41, 5.74) is 3.95. The maximum atomic E-state index is 13.0. The molecule has 0 amide bonds. The Hall–Kier alpha value is -3.79. The molecule has 5 rings (SSSR count). The number of aromatic nitrogens is 2. The summed E-state index contributed by atoms with van der Waals surface area (Å²) < 4.78 is 13.1. The largest absolute Gasteiger partial charge is 0.497 e. The number of rotatable bonds is 3. The number of methoxy groups -OCH3 is 1. The maximum absolute atomic E-state index is 13.0. The van der Waals surface area contributed by atoms with Crippen molar-refractivity contribution in [2.45, 2.75) is 32.1 Å². The lowest BCUT2D eigenvalue weighted by Crippen LogP contribution is -2.42. The highest BCUT2D eigenvalue weighted by Crippen LogP contribution is 2.40. The van der Waals surface area contributed by atoms with Gasteiger partial charge in [0.25, 0.3) is 5.56 Å². The summed E-state index contributed by atoms with van der Waals surface area (Å²) in [5.74, 6) is 1.44. The molecule has 2 aromatic carbocycles. The van der Waals surface area contributed by atoms with Gasteiger partial charge in [0.2, 0.25) is 5.89 Å². The van der Waals surface area contributed by atoms with Crippen molar-refractivity contribution in [1.29, 1.82) is 5.26 Å². The number of benzene rings is 2. The van der Waals surface area contributed by atoms with Crippen LogP contribution in [-0.4, -0.2) is 29.8 Å². The quantitative estimate of drug-likeness (QED) is 0.467. The van der Waals surface area contributed by atoms with E-state index in [9.17, 15) is 10.1 Å². The van der Waals surface area contributed by atoms with Gasteiger partial charge in [0.1, 0.15) is 22.9 Å². The van der Waals surface area contributed by atoms with Crippen LogP contribution in [0.1, 0.15) is 36.8 Å². The zero-order valence-electron chi connectivity index (χ0n) is 19.3. The molecule has 0 spiro atoms. The first-order valence-electron chi connectivity index (χ1n) is 11.1. The third kappa shape index (κ3) is 3.34. The van der Waals surface area contributed by atoms with Crippen LogP contribution in [0.4, 0.5) is 5.69 Å². The fraction of sp³-hybridized carbons (Fsp3) is 0.346. The smallest absolute Gasteiger partial charge is 0.270 e. The molecule has 0 radical (unpaired) electrons. The van der Waals surface area contributed by atoms with Gasteiger partial charge in [-0.05, 0) is 55.7 Å². The fourth-order valence-electron chi connectivity index (χ4n) is 4.79. The van der Waals surface area contributed by atoms with Gasteiger partial charge in [0.15, 0.2) is 5.58 Å². The topological polar surface area (TPSA) is 84.3 Å². The van der Waals surface area contributed by atoms with E-state index in [0.717, 1.165) is 46.3 Å². The molecule has 0 N–H and O–H groups in total. The maximum Gasteiger partial charge on any atom is 0.270 e.